The van der Waals surface area contributed by atoms with Crippen LogP contribution in [-0.4, -0.2) is 28.7 Å². The first kappa shape index (κ1) is 13.9. The fraction of sp³-hybridized carbons (Fsp3) is 0.200. The highest BCUT2D eigenvalue weighted by Crippen LogP contribution is 2.13. The number of aryl methyl sites for hydroxylation is 1. The third-order valence-electron chi connectivity index (χ3n) is 3.13. The number of hydrogen-bond acceptors (Lipinski definition) is 3. The van der Waals surface area contributed by atoms with Crippen LogP contribution in [0.15, 0.2) is 36.4 Å². The van der Waals surface area contributed by atoms with Gasteiger partial charge in [-0.2, -0.15) is 0 Å². The Balaban J connectivity index is 2.25. The fourth-order valence-electron chi connectivity index (χ4n) is 2.01. The van der Waals surface area contributed by atoms with E-state index in [9.17, 15) is 9.59 Å². The van der Waals surface area contributed by atoms with Gasteiger partial charge in [-0.1, -0.05) is 12.1 Å². The van der Waals surface area contributed by atoms with Crippen LogP contribution in [0.3, 0.4) is 0 Å². The molecule has 104 valence electrons. The number of carboxylic acids is 1. The van der Waals surface area contributed by atoms with Crippen LogP contribution in [0.4, 0.5) is 0 Å². The first-order chi connectivity index (χ1) is 9.52. The molecule has 1 aromatic heterocycles. The van der Waals surface area contributed by atoms with E-state index in [0.29, 0.717) is 12.1 Å². The number of aromatic carboxylic acids is 1. The van der Waals surface area contributed by atoms with E-state index in [4.69, 9.17) is 5.11 Å². The zero-order valence-corrected chi connectivity index (χ0v) is 11.3. The number of hydrogen-bond donors (Lipinski definition) is 1. The van der Waals surface area contributed by atoms with Gasteiger partial charge in [0.15, 0.2) is 0 Å². The van der Waals surface area contributed by atoms with Crippen LogP contribution in [0.5, 0.6) is 0 Å². The quantitative estimate of drug-likeness (QED) is 0.868. The van der Waals surface area contributed by atoms with Crippen molar-refractivity contribution in [3.63, 3.8) is 0 Å². The molecule has 0 saturated carbocycles. The molecule has 2 rings (SSSR count). The highest BCUT2D eigenvalue weighted by molar-refractivity contribution is 5.89. The predicted octanol–water partition coefficient (Wildman–Crippen LogP) is 2.33. The Labute approximate surface area is 116 Å². The second-order valence-electron chi connectivity index (χ2n) is 4.44. The van der Waals surface area contributed by atoms with Crippen molar-refractivity contribution in [2.24, 2.45) is 0 Å². The summed E-state index contributed by atoms with van der Waals surface area (Å²) in [7, 11) is 1.33. The molecule has 0 amide bonds. The standard InChI is InChI=1S/C15H15NO4/c1-10-3-8-13(14(17)18)16(10)9-11-4-6-12(7-5-11)15(19)20-2/h3-8H,9H2,1-2H3,(H,17,18). The minimum Gasteiger partial charge on any atom is -0.477 e. The van der Waals surface area contributed by atoms with E-state index < -0.39 is 5.97 Å². The SMILES string of the molecule is COC(=O)c1ccc(Cn2c(C)ccc2C(=O)O)cc1. The number of methoxy groups -OCH3 is 1. The lowest BCUT2D eigenvalue weighted by atomic mass is 10.1. The van der Waals surface area contributed by atoms with E-state index in [0.717, 1.165) is 11.3 Å². The molecule has 0 saturated heterocycles. The molecule has 0 aliphatic rings. The molecular formula is C15H15NO4. The molecule has 0 unspecified atom stereocenters. The summed E-state index contributed by atoms with van der Waals surface area (Å²) in [6.07, 6.45) is 0. The summed E-state index contributed by atoms with van der Waals surface area (Å²) in [4.78, 5) is 22.5. The van der Waals surface area contributed by atoms with Gasteiger partial charge in [-0.25, -0.2) is 9.59 Å². The van der Waals surface area contributed by atoms with Gasteiger partial charge in [0.05, 0.1) is 12.7 Å². The van der Waals surface area contributed by atoms with Gasteiger partial charge in [-0.15, -0.1) is 0 Å². The van der Waals surface area contributed by atoms with Crippen LogP contribution in [0.25, 0.3) is 0 Å². The molecule has 0 bridgehead atoms. The lowest BCUT2D eigenvalue weighted by Crippen LogP contribution is -2.11. The van der Waals surface area contributed by atoms with E-state index in [1.54, 1.807) is 41.0 Å². The van der Waals surface area contributed by atoms with Crippen molar-refractivity contribution in [1.29, 1.82) is 0 Å². The number of benzene rings is 1. The van der Waals surface area contributed by atoms with Crippen molar-refractivity contribution in [2.75, 3.05) is 7.11 Å². The Bertz CT molecular complexity index is 640. The number of ether oxygens (including phenoxy) is 1. The van der Waals surface area contributed by atoms with Crippen molar-refractivity contribution in [3.8, 4) is 0 Å². The van der Waals surface area contributed by atoms with Gasteiger partial charge in [0, 0.05) is 12.2 Å². The van der Waals surface area contributed by atoms with Gasteiger partial charge >= 0.3 is 11.9 Å². The van der Waals surface area contributed by atoms with Crippen LogP contribution in [0.2, 0.25) is 0 Å². The number of carbonyl (C=O) groups is 2. The van der Waals surface area contributed by atoms with Crippen molar-refractivity contribution in [1.82, 2.24) is 4.57 Å². The van der Waals surface area contributed by atoms with Crippen molar-refractivity contribution < 1.29 is 19.4 Å². The number of carboxylic acid groups (broad SMARTS) is 1. The maximum atomic E-state index is 11.3. The molecule has 1 aromatic carbocycles. The average molecular weight is 273 g/mol. The van der Waals surface area contributed by atoms with E-state index in [2.05, 4.69) is 4.74 Å². The molecule has 0 aliphatic heterocycles. The van der Waals surface area contributed by atoms with Gasteiger partial charge in [-0.3, -0.25) is 0 Å². The minimum atomic E-state index is -0.954. The normalized spacial score (nSPS) is 10.3. The molecule has 0 fully saturated rings. The Morgan fingerprint density at radius 1 is 1.15 bits per heavy atom. The molecule has 0 atom stereocenters. The highest BCUT2D eigenvalue weighted by Gasteiger charge is 2.12. The number of nitrogens with zero attached hydrogens (tertiary/aromatic N) is 1. The van der Waals surface area contributed by atoms with E-state index in [1.165, 1.54) is 7.11 Å². The van der Waals surface area contributed by atoms with Gasteiger partial charge in [0.25, 0.3) is 0 Å². The van der Waals surface area contributed by atoms with Crippen LogP contribution < -0.4 is 0 Å². The van der Waals surface area contributed by atoms with Gasteiger partial charge in [0.1, 0.15) is 5.69 Å². The first-order valence-electron chi connectivity index (χ1n) is 6.09. The van der Waals surface area contributed by atoms with Gasteiger partial charge in [0.2, 0.25) is 0 Å². The van der Waals surface area contributed by atoms with Gasteiger partial charge in [-0.05, 0) is 36.8 Å². The molecule has 20 heavy (non-hydrogen) atoms. The summed E-state index contributed by atoms with van der Waals surface area (Å²) >= 11 is 0. The molecule has 5 heteroatoms. The van der Waals surface area contributed by atoms with E-state index >= 15 is 0 Å². The minimum absolute atomic E-state index is 0.250. The average Bonchev–Trinajstić information content (AvgIpc) is 2.80. The number of rotatable bonds is 4. The van der Waals surface area contributed by atoms with Crippen molar-refractivity contribution >= 4 is 11.9 Å². The third kappa shape index (κ3) is 2.71. The lowest BCUT2D eigenvalue weighted by Gasteiger charge is -2.10. The summed E-state index contributed by atoms with van der Waals surface area (Å²) in [6, 6.07) is 10.3. The molecule has 5 nitrogen and oxygen atoms in total. The molecule has 1 N–H and O–H groups in total. The monoisotopic (exact) mass is 273 g/mol. The molecule has 0 radical (unpaired) electrons. The third-order valence-corrected chi connectivity index (χ3v) is 3.13. The topological polar surface area (TPSA) is 68.5 Å². The number of aromatic nitrogens is 1. The van der Waals surface area contributed by atoms with E-state index in [1.807, 2.05) is 6.92 Å². The van der Waals surface area contributed by atoms with Crippen LogP contribution in [0.1, 0.15) is 32.1 Å². The molecule has 0 spiro atoms. The van der Waals surface area contributed by atoms with Crippen LogP contribution >= 0.6 is 0 Å². The number of carbonyl (C=O) groups excluding carboxylic acids is 1. The summed E-state index contributed by atoms with van der Waals surface area (Å²) in [5.41, 5.74) is 2.51. The second kappa shape index (κ2) is 5.61. The van der Waals surface area contributed by atoms with Crippen molar-refractivity contribution in [2.45, 2.75) is 13.5 Å². The maximum Gasteiger partial charge on any atom is 0.352 e. The highest BCUT2D eigenvalue weighted by atomic mass is 16.5. The molecular weight excluding hydrogens is 258 g/mol. The summed E-state index contributed by atoms with van der Waals surface area (Å²) in [5.74, 6) is -1.34. The van der Waals surface area contributed by atoms with Gasteiger partial charge < -0.3 is 14.4 Å². The largest absolute Gasteiger partial charge is 0.477 e. The zero-order chi connectivity index (χ0) is 14.7. The lowest BCUT2D eigenvalue weighted by molar-refractivity contribution is 0.0599. The fourth-order valence-corrected chi connectivity index (χ4v) is 2.01. The summed E-state index contributed by atoms with van der Waals surface area (Å²) < 4.78 is 6.35. The van der Waals surface area contributed by atoms with Crippen LogP contribution in [0, 0.1) is 6.92 Å². The molecule has 1 heterocycles. The Morgan fingerprint density at radius 3 is 2.35 bits per heavy atom. The summed E-state index contributed by atoms with van der Waals surface area (Å²) in [6.45, 7) is 2.30. The Hall–Kier alpha value is -2.56. The smallest absolute Gasteiger partial charge is 0.352 e. The first-order valence-corrected chi connectivity index (χ1v) is 6.09. The number of esters is 1. The predicted molar refractivity (Wildman–Crippen MR) is 73.0 cm³/mol. The van der Waals surface area contributed by atoms with E-state index in [-0.39, 0.29) is 11.7 Å². The zero-order valence-electron chi connectivity index (χ0n) is 11.3. The summed E-state index contributed by atoms with van der Waals surface area (Å²) in [5, 5.41) is 9.12. The molecule has 0 aliphatic carbocycles. The Kier molecular flexibility index (Phi) is 3.89. The maximum absolute atomic E-state index is 11.3. The Morgan fingerprint density at radius 2 is 1.80 bits per heavy atom. The van der Waals surface area contributed by atoms with Crippen molar-refractivity contribution in [3.05, 3.63) is 58.9 Å². The van der Waals surface area contributed by atoms with Crippen LogP contribution in [-0.2, 0) is 11.3 Å². The second-order valence-corrected chi connectivity index (χ2v) is 4.44. The molecule has 2 aromatic rings.